The van der Waals surface area contributed by atoms with Gasteiger partial charge in [-0.3, -0.25) is 14.6 Å². The van der Waals surface area contributed by atoms with E-state index < -0.39 is 5.92 Å². The Kier molecular flexibility index (Phi) is 5.69. The average molecular weight is 303 g/mol. The molecule has 0 atom stereocenters. The quantitative estimate of drug-likeness (QED) is 0.597. The zero-order valence-corrected chi connectivity index (χ0v) is 13.0. The van der Waals surface area contributed by atoms with E-state index in [4.69, 9.17) is 9.47 Å². The Balaban J connectivity index is 1.91. The summed E-state index contributed by atoms with van der Waals surface area (Å²) in [7, 11) is 3.19. The molecule has 2 rings (SSSR count). The van der Waals surface area contributed by atoms with Crippen LogP contribution in [0.4, 0.5) is 0 Å². The van der Waals surface area contributed by atoms with Crippen LogP contribution in [0.3, 0.4) is 0 Å². The number of carbonyl (C=O) groups excluding carboxylic acids is 2. The van der Waals surface area contributed by atoms with Gasteiger partial charge in [0.1, 0.15) is 17.5 Å². The third-order valence-corrected chi connectivity index (χ3v) is 3.77. The zero-order valence-electron chi connectivity index (χ0n) is 13.0. The van der Waals surface area contributed by atoms with Crippen molar-refractivity contribution >= 4 is 17.8 Å². The summed E-state index contributed by atoms with van der Waals surface area (Å²) in [4.78, 5) is 27.6. The molecule has 0 aromatic heterocycles. The highest BCUT2D eigenvalue weighted by Gasteiger charge is 2.27. The first kappa shape index (κ1) is 16.2. The Morgan fingerprint density at radius 1 is 1.14 bits per heavy atom. The number of carbonyl (C=O) groups is 2. The number of methoxy groups -OCH3 is 2. The molecule has 0 radical (unpaired) electrons. The molecule has 0 heterocycles. The van der Waals surface area contributed by atoms with Crippen LogP contribution in [0.15, 0.2) is 23.2 Å². The van der Waals surface area contributed by atoms with Crippen molar-refractivity contribution in [3.05, 3.63) is 23.8 Å². The Labute approximate surface area is 130 Å². The minimum absolute atomic E-state index is 0.00823. The fourth-order valence-electron chi connectivity index (χ4n) is 2.50. The maximum absolute atomic E-state index is 11.7. The van der Waals surface area contributed by atoms with E-state index in [0.717, 1.165) is 5.56 Å². The third-order valence-electron chi connectivity index (χ3n) is 3.77. The first-order chi connectivity index (χ1) is 10.7. The maximum Gasteiger partial charge on any atom is 0.160 e. The highest BCUT2D eigenvalue weighted by Crippen LogP contribution is 2.27. The molecule has 0 amide bonds. The van der Waals surface area contributed by atoms with Crippen LogP contribution in [-0.4, -0.2) is 38.5 Å². The van der Waals surface area contributed by atoms with Crippen LogP contribution in [-0.2, 0) is 16.0 Å². The molecule has 0 bridgehead atoms. The molecule has 1 aromatic carbocycles. The number of hydrogen-bond donors (Lipinski definition) is 0. The topological polar surface area (TPSA) is 65.0 Å². The van der Waals surface area contributed by atoms with E-state index >= 15 is 0 Å². The van der Waals surface area contributed by atoms with Gasteiger partial charge in [-0.2, -0.15) is 0 Å². The lowest BCUT2D eigenvalue weighted by Crippen LogP contribution is -2.29. The number of rotatable bonds is 6. The minimum Gasteiger partial charge on any atom is -0.493 e. The van der Waals surface area contributed by atoms with E-state index in [9.17, 15) is 9.59 Å². The Bertz CT molecular complexity index is 564. The van der Waals surface area contributed by atoms with Gasteiger partial charge in [-0.05, 0) is 30.5 Å². The molecule has 0 spiro atoms. The number of benzene rings is 1. The molecule has 22 heavy (non-hydrogen) atoms. The molecule has 1 saturated carbocycles. The molecule has 5 heteroatoms. The fourth-order valence-corrected chi connectivity index (χ4v) is 2.50. The van der Waals surface area contributed by atoms with Crippen molar-refractivity contribution in [2.24, 2.45) is 10.9 Å². The molecular weight excluding hydrogens is 282 g/mol. The number of nitrogens with zero attached hydrogens (tertiary/aromatic N) is 1. The minimum atomic E-state index is -0.626. The number of Topliss-reactive ketones (excluding diaryl/α,β-unsaturated/α-hetero) is 2. The summed E-state index contributed by atoms with van der Waals surface area (Å²) in [6.07, 6.45) is 3.88. The van der Waals surface area contributed by atoms with Crippen LogP contribution in [0.5, 0.6) is 11.5 Å². The lowest BCUT2D eigenvalue weighted by atomic mass is 9.87. The largest absolute Gasteiger partial charge is 0.493 e. The van der Waals surface area contributed by atoms with Crippen molar-refractivity contribution in [3.8, 4) is 11.5 Å². The highest BCUT2D eigenvalue weighted by atomic mass is 16.5. The van der Waals surface area contributed by atoms with Crippen LogP contribution < -0.4 is 9.47 Å². The molecule has 0 N–H and O–H groups in total. The predicted molar refractivity (Wildman–Crippen MR) is 84.0 cm³/mol. The van der Waals surface area contributed by atoms with Gasteiger partial charge in [0.05, 0.1) is 14.2 Å². The standard InChI is InChI=1S/C17H21NO4/c1-21-16-7-6-12(10-17(16)22-2)8-9-18-11-13-14(19)4-3-5-15(13)20/h6-7,10-11,13H,3-5,8-9H2,1-2H3. The van der Waals surface area contributed by atoms with E-state index in [0.29, 0.717) is 43.7 Å². The van der Waals surface area contributed by atoms with Gasteiger partial charge in [-0.1, -0.05) is 6.07 Å². The third kappa shape index (κ3) is 3.93. The molecule has 0 aliphatic heterocycles. The Morgan fingerprint density at radius 3 is 2.45 bits per heavy atom. The number of ether oxygens (including phenoxy) is 2. The summed E-state index contributed by atoms with van der Waals surface area (Å²) in [5.74, 6) is 0.728. The maximum atomic E-state index is 11.7. The lowest BCUT2D eigenvalue weighted by molar-refractivity contribution is -0.132. The molecule has 5 nitrogen and oxygen atoms in total. The number of ketones is 2. The summed E-state index contributed by atoms with van der Waals surface area (Å²) in [6, 6.07) is 5.71. The fraction of sp³-hybridized carbons (Fsp3) is 0.471. The van der Waals surface area contributed by atoms with Crippen molar-refractivity contribution in [1.29, 1.82) is 0 Å². The van der Waals surface area contributed by atoms with Crippen molar-refractivity contribution in [2.75, 3.05) is 20.8 Å². The van der Waals surface area contributed by atoms with Crippen molar-refractivity contribution < 1.29 is 19.1 Å². The molecule has 118 valence electrons. The molecular formula is C17H21NO4. The summed E-state index contributed by atoms with van der Waals surface area (Å²) in [5, 5.41) is 0. The van der Waals surface area contributed by atoms with Gasteiger partial charge in [0.15, 0.2) is 11.5 Å². The number of aliphatic imine (C=N–C) groups is 1. The predicted octanol–water partition coefficient (Wildman–Crippen LogP) is 2.26. The van der Waals surface area contributed by atoms with Gasteiger partial charge in [-0.15, -0.1) is 0 Å². The molecule has 1 aromatic rings. The smallest absolute Gasteiger partial charge is 0.160 e. The van der Waals surface area contributed by atoms with Crippen LogP contribution in [0.1, 0.15) is 24.8 Å². The van der Waals surface area contributed by atoms with Gasteiger partial charge in [0.25, 0.3) is 0 Å². The Morgan fingerprint density at radius 2 is 1.82 bits per heavy atom. The van der Waals surface area contributed by atoms with E-state index in [2.05, 4.69) is 4.99 Å². The van der Waals surface area contributed by atoms with E-state index in [1.807, 2.05) is 18.2 Å². The summed E-state index contributed by atoms with van der Waals surface area (Å²) >= 11 is 0. The summed E-state index contributed by atoms with van der Waals surface area (Å²) < 4.78 is 10.4. The van der Waals surface area contributed by atoms with Gasteiger partial charge in [0, 0.05) is 25.6 Å². The normalized spacial score (nSPS) is 16.3. The second-order valence-corrected chi connectivity index (χ2v) is 5.26. The van der Waals surface area contributed by atoms with Crippen molar-refractivity contribution in [3.63, 3.8) is 0 Å². The average Bonchev–Trinajstić information content (AvgIpc) is 2.53. The van der Waals surface area contributed by atoms with Crippen LogP contribution in [0.25, 0.3) is 0 Å². The summed E-state index contributed by atoms with van der Waals surface area (Å²) in [5.41, 5.74) is 1.07. The zero-order chi connectivity index (χ0) is 15.9. The Hall–Kier alpha value is -2.17. The molecule has 1 aliphatic carbocycles. The van der Waals surface area contributed by atoms with Crippen molar-refractivity contribution in [1.82, 2.24) is 0 Å². The van der Waals surface area contributed by atoms with Crippen molar-refractivity contribution in [2.45, 2.75) is 25.7 Å². The van der Waals surface area contributed by atoms with E-state index in [1.165, 1.54) is 6.21 Å². The molecule has 1 fully saturated rings. The first-order valence-corrected chi connectivity index (χ1v) is 7.42. The first-order valence-electron chi connectivity index (χ1n) is 7.42. The van der Waals surface area contributed by atoms with E-state index in [-0.39, 0.29) is 11.6 Å². The second-order valence-electron chi connectivity index (χ2n) is 5.26. The van der Waals surface area contributed by atoms with Crippen LogP contribution in [0.2, 0.25) is 0 Å². The van der Waals surface area contributed by atoms with Crippen LogP contribution in [0, 0.1) is 5.92 Å². The van der Waals surface area contributed by atoms with Crippen LogP contribution >= 0.6 is 0 Å². The monoisotopic (exact) mass is 303 g/mol. The van der Waals surface area contributed by atoms with Gasteiger partial charge < -0.3 is 9.47 Å². The summed E-state index contributed by atoms with van der Waals surface area (Å²) in [6.45, 7) is 0.534. The molecule has 0 saturated heterocycles. The number of hydrogen-bond acceptors (Lipinski definition) is 5. The van der Waals surface area contributed by atoms with E-state index in [1.54, 1.807) is 14.2 Å². The lowest BCUT2D eigenvalue weighted by Gasteiger charge is -2.15. The van der Waals surface area contributed by atoms with Gasteiger partial charge >= 0.3 is 0 Å². The molecule has 0 unspecified atom stereocenters. The van der Waals surface area contributed by atoms with Gasteiger partial charge in [0.2, 0.25) is 0 Å². The molecule has 1 aliphatic rings. The second kappa shape index (κ2) is 7.73. The highest BCUT2D eigenvalue weighted by molar-refractivity contribution is 6.15. The SMILES string of the molecule is COc1ccc(CCN=CC2C(=O)CCCC2=O)cc1OC. The van der Waals surface area contributed by atoms with Gasteiger partial charge in [-0.25, -0.2) is 0 Å².